The van der Waals surface area contributed by atoms with Gasteiger partial charge >= 0.3 is 0 Å². The van der Waals surface area contributed by atoms with Crippen molar-refractivity contribution in [2.75, 3.05) is 11.9 Å². The third kappa shape index (κ3) is 3.14. The Hall–Kier alpha value is -1.39. The van der Waals surface area contributed by atoms with E-state index in [-0.39, 0.29) is 16.3 Å². The van der Waals surface area contributed by atoms with Crippen LogP contribution in [0.1, 0.15) is 6.92 Å². The molecular formula is C13H10Cl2F2N2. The number of nitrogens with zero attached hydrogens (tertiary/aromatic N) is 1. The number of pyridine rings is 1. The van der Waals surface area contributed by atoms with Crippen LogP contribution in [0.3, 0.4) is 0 Å². The fourth-order valence-corrected chi connectivity index (χ4v) is 2.19. The van der Waals surface area contributed by atoms with Crippen molar-refractivity contribution in [3.8, 4) is 11.3 Å². The van der Waals surface area contributed by atoms with E-state index in [4.69, 9.17) is 23.2 Å². The zero-order chi connectivity index (χ0) is 14.0. The van der Waals surface area contributed by atoms with Gasteiger partial charge in [0.1, 0.15) is 17.5 Å². The van der Waals surface area contributed by atoms with Gasteiger partial charge in [-0.25, -0.2) is 13.8 Å². The lowest BCUT2D eigenvalue weighted by Crippen LogP contribution is -2.01. The van der Waals surface area contributed by atoms with Crippen LogP contribution in [0.5, 0.6) is 0 Å². The highest BCUT2D eigenvalue weighted by molar-refractivity contribution is 6.37. The maximum atomic E-state index is 13.2. The van der Waals surface area contributed by atoms with Crippen LogP contribution < -0.4 is 5.32 Å². The lowest BCUT2D eigenvalue weighted by molar-refractivity contribution is 0.584. The number of aromatic nitrogens is 1. The summed E-state index contributed by atoms with van der Waals surface area (Å²) in [6.07, 6.45) is 0. The van der Waals surface area contributed by atoms with Gasteiger partial charge in [-0.05, 0) is 25.1 Å². The van der Waals surface area contributed by atoms with Crippen LogP contribution in [0, 0.1) is 11.6 Å². The molecular weight excluding hydrogens is 293 g/mol. The summed E-state index contributed by atoms with van der Waals surface area (Å²) >= 11 is 12.0. The molecule has 6 heteroatoms. The predicted molar refractivity (Wildman–Crippen MR) is 73.8 cm³/mol. The van der Waals surface area contributed by atoms with Gasteiger partial charge in [-0.15, -0.1) is 0 Å². The molecule has 1 aromatic carbocycles. The van der Waals surface area contributed by atoms with Gasteiger partial charge in [0.2, 0.25) is 0 Å². The van der Waals surface area contributed by atoms with Crippen LogP contribution in [0.25, 0.3) is 11.3 Å². The van der Waals surface area contributed by atoms with Gasteiger partial charge in [0, 0.05) is 18.2 Å². The highest BCUT2D eigenvalue weighted by Gasteiger charge is 2.12. The minimum Gasteiger partial charge on any atom is -0.369 e. The van der Waals surface area contributed by atoms with Crippen molar-refractivity contribution < 1.29 is 8.78 Å². The second-order valence-electron chi connectivity index (χ2n) is 3.84. The number of rotatable bonds is 3. The molecule has 2 aromatic rings. The summed E-state index contributed by atoms with van der Waals surface area (Å²) in [4.78, 5) is 4.21. The van der Waals surface area contributed by atoms with E-state index in [1.807, 2.05) is 6.92 Å². The van der Waals surface area contributed by atoms with E-state index in [2.05, 4.69) is 10.3 Å². The number of hydrogen-bond acceptors (Lipinski definition) is 2. The normalized spacial score (nSPS) is 10.6. The molecule has 0 aliphatic rings. The Morgan fingerprint density at radius 1 is 1.05 bits per heavy atom. The highest BCUT2D eigenvalue weighted by Crippen LogP contribution is 2.32. The molecule has 2 rings (SSSR count). The Labute approximate surface area is 119 Å². The number of anilines is 1. The molecule has 0 amide bonds. The first-order valence-corrected chi connectivity index (χ1v) is 6.33. The Balaban J connectivity index is 2.57. The van der Waals surface area contributed by atoms with Crippen molar-refractivity contribution in [1.82, 2.24) is 4.98 Å². The molecule has 0 saturated heterocycles. The maximum Gasteiger partial charge on any atom is 0.145 e. The average Bonchev–Trinajstić information content (AvgIpc) is 2.31. The first-order valence-electron chi connectivity index (χ1n) is 5.57. The molecule has 0 aliphatic carbocycles. The van der Waals surface area contributed by atoms with Crippen molar-refractivity contribution in [3.63, 3.8) is 0 Å². The fraction of sp³-hybridized carbons (Fsp3) is 0.154. The molecule has 0 fully saturated rings. The first-order chi connectivity index (χ1) is 9.01. The highest BCUT2D eigenvalue weighted by atomic mass is 35.5. The van der Waals surface area contributed by atoms with E-state index in [0.29, 0.717) is 17.4 Å². The molecule has 1 N–H and O–H groups in total. The van der Waals surface area contributed by atoms with Crippen molar-refractivity contribution in [2.45, 2.75) is 6.92 Å². The van der Waals surface area contributed by atoms with Crippen LogP contribution >= 0.6 is 23.2 Å². The molecule has 0 atom stereocenters. The molecule has 100 valence electrons. The zero-order valence-electron chi connectivity index (χ0n) is 9.98. The van der Waals surface area contributed by atoms with Gasteiger partial charge in [-0.1, -0.05) is 23.2 Å². The lowest BCUT2D eigenvalue weighted by atomic mass is 10.1. The van der Waals surface area contributed by atoms with E-state index in [0.717, 1.165) is 6.07 Å². The zero-order valence-corrected chi connectivity index (χ0v) is 11.5. The molecule has 0 unspecified atom stereocenters. The van der Waals surface area contributed by atoms with Crippen molar-refractivity contribution in [3.05, 3.63) is 45.9 Å². The quantitative estimate of drug-likeness (QED) is 0.884. The minimum atomic E-state index is -0.687. The Kier molecular flexibility index (Phi) is 4.22. The van der Waals surface area contributed by atoms with Crippen molar-refractivity contribution in [1.29, 1.82) is 0 Å². The molecule has 1 heterocycles. The molecule has 0 spiro atoms. The van der Waals surface area contributed by atoms with Crippen LogP contribution in [-0.4, -0.2) is 11.5 Å². The molecule has 0 bridgehead atoms. The summed E-state index contributed by atoms with van der Waals surface area (Å²) in [5, 5.41) is 3.54. The molecule has 1 aromatic heterocycles. The second-order valence-corrected chi connectivity index (χ2v) is 4.65. The van der Waals surface area contributed by atoms with Gasteiger partial charge in [0.05, 0.1) is 15.7 Å². The smallest absolute Gasteiger partial charge is 0.145 e. The van der Waals surface area contributed by atoms with Crippen LogP contribution in [0.15, 0.2) is 24.3 Å². The third-order valence-corrected chi connectivity index (χ3v) is 2.99. The van der Waals surface area contributed by atoms with Crippen LogP contribution in [-0.2, 0) is 0 Å². The molecule has 19 heavy (non-hydrogen) atoms. The van der Waals surface area contributed by atoms with Gasteiger partial charge in [0.15, 0.2) is 0 Å². The van der Waals surface area contributed by atoms with Crippen molar-refractivity contribution >= 4 is 29.0 Å². The molecule has 0 radical (unpaired) electrons. The number of nitrogens with one attached hydrogen (secondary N) is 1. The van der Waals surface area contributed by atoms with E-state index >= 15 is 0 Å². The molecule has 2 nitrogen and oxygen atoms in total. The number of halogens is 4. The minimum absolute atomic E-state index is 0.233. The summed E-state index contributed by atoms with van der Waals surface area (Å²) in [5.74, 6) is -0.950. The van der Waals surface area contributed by atoms with Crippen LogP contribution in [0.4, 0.5) is 14.6 Å². The standard InChI is InChI=1S/C13H10Cl2F2N2/c1-2-18-13-11(15)6-10(14)12(19-13)7-3-8(16)5-9(17)4-7/h3-6H,2H2,1H3,(H,18,19). The fourth-order valence-electron chi connectivity index (χ4n) is 1.65. The maximum absolute atomic E-state index is 13.2. The summed E-state index contributed by atoms with van der Waals surface area (Å²) in [6.45, 7) is 2.50. The van der Waals surface area contributed by atoms with Gasteiger partial charge in [-0.3, -0.25) is 0 Å². The van der Waals surface area contributed by atoms with E-state index < -0.39 is 11.6 Å². The number of hydrogen-bond donors (Lipinski definition) is 1. The topological polar surface area (TPSA) is 24.9 Å². The summed E-state index contributed by atoms with van der Waals surface area (Å²) in [7, 11) is 0. The second kappa shape index (κ2) is 5.72. The van der Waals surface area contributed by atoms with Crippen molar-refractivity contribution in [2.24, 2.45) is 0 Å². The van der Waals surface area contributed by atoms with E-state index in [9.17, 15) is 8.78 Å². The Morgan fingerprint density at radius 2 is 1.68 bits per heavy atom. The SMILES string of the molecule is CCNc1nc(-c2cc(F)cc(F)c2)c(Cl)cc1Cl. The lowest BCUT2D eigenvalue weighted by Gasteiger charge is -2.10. The monoisotopic (exact) mass is 302 g/mol. The molecule has 0 saturated carbocycles. The number of benzene rings is 1. The van der Waals surface area contributed by atoms with E-state index in [1.54, 1.807) is 0 Å². The first kappa shape index (κ1) is 14.0. The molecule has 0 aliphatic heterocycles. The summed E-state index contributed by atoms with van der Waals surface area (Å²) in [6, 6.07) is 4.62. The Morgan fingerprint density at radius 3 is 2.26 bits per heavy atom. The van der Waals surface area contributed by atoms with Gasteiger partial charge in [-0.2, -0.15) is 0 Å². The summed E-state index contributed by atoms with van der Waals surface area (Å²) in [5.41, 5.74) is 0.540. The van der Waals surface area contributed by atoms with Crippen LogP contribution in [0.2, 0.25) is 10.0 Å². The summed E-state index contributed by atoms with van der Waals surface area (Å²) < 4.78 is 26.4. The largest absolute Gasteiger partial charge is 0.369 e. The average molecular weight is 303 g/mol. The predicted octanol–water partition coefficient (Wildman–Crippen LogP) is 4.77. The van der Waals surface area contributed by atoms with E-state index in [1.165, 1.54) is 18.2 Å². The Bertz CT molecular complexity index is 598. The van der Waals surface area contributed by atoms with Gasteiger partial charge < -0.3 is 5.32 Å². The third-order valence-electron chi connectivity index (χ3n) is 2.41. The van der Waals surface area contributed by atoms with Gasteiger partial charge in [0.25, 0.3) is 0 Å².